The van der Waals surface area contributed by atoms with Gasteiger partial charge in [-0.3, -0.25) is 0 Å². The van der Waals surface area contributed by atoms with Crippen molar-refractivity contribution in [3.63, 3.8) is 0 Å². The molecule has 40 heavy (non-hydrogen) atoms. The van der Waals surface area contributed by atoms with Crippen molar-refractivity contribution in [2.24, 2.45) is 0 Å². The van der Waals surface area contributed by atoms with Gasteiger partial charge in [0.25, 0.3) is 0 Å². The van der Waals surface area contributed by atoms with E-state index in [1.807, 2.05) is 59.2 Å². The van der Waals surface area contributed by atoms with E-state index in [1.54, 1.807) is 0 Å². The number of hydrogen-bond acceptors (Lipinski definition) is 6. The largest absolute Gasteiger partial charge is 0.457 e. The van der Waals surface area contributed by atoms with Crippen molar-refractivity contribution < 1.29 is 4.74 Å². The normalized spacial score (nSPS) is 16.0. The highest BCUT2D eigenvalue weighted by molar-refractivity contribution is 5.83. The maximum atomic E-state index is 6.00. The zero-order valence-corrected chi connectivity index (χ0v) is 22.6. The number of ether oxygens (including phenoxy) is 1. The van der Waals surface area contributed by atoms with Crippen molar-refractivity contribution in [2.75, 3.05) is 10.6 Å². The topological polar surface area (TPSA) is 76.4 Å². The van der Waals surface area contributed by atoms with E-state index >= 15 is 0 Å². The molecule has 0 radical (unpaired) electrons. The molecule has 2 N–H and O–H groups in total. The molecule has 5 aromatic rings. The summed E-state index contributed by atoms with van der Waals surface area (Å²) in [5.74, 6) is 3.33. The van der Waals surface area contributed by atoms with E-state index in [0.29, 0.717) is 18.0 Å². The molecule has 7 rings (SSSR count). The molecule has 7 heteroatoms. The van der Waals surface area contributed by atoms with E-state index in [9.17, 15) is 0 Å². The first kappa shape index (κ1) is 24.6. The van der Waals surface area contributed by atoms with Crippen molar-refractivity contribution in [1.29, 1.82) is 0 Å². The van der Waals surface area contributed by atoms with Gasteiger partial charge in [-0.15, -0.1) is 0 Å². The highest BCUT2D eigenvalue weighted by Crippen LogP contribution is 2.33. The molecule has 2 aromatic carbocycles. The molecule has 202 valence electrons. The Morgan fingerprint density at radius 2 is 1.40 bits per heavy atom. The third-order valence-corrected chi connectivity index (χ3v) is 8.08. The van der Waals surface area contributed by atoms with Gasteiger partial charge in [-0.05, 0) is 86.3 Å². The maximum absolute atomic E-state index is 6.00. The second-order valence-corrected chi connectivity index (χ2v) is 10.9. The first-order chi connectivity index (χ1) is 19.8. The molecule has 0 bridgehead atoms. The van der Waals surface area contributed by atoms with Crippen LogP contribution in [0.4, 0.5) is 11.8 Å². The summed E-state index contributed by atoms with van der Waals surface area (Å²) in [6.07, 6.45) is 11.7. The molecule has 2 aliphatic rings. The molecule has 7 nitrogen and oxygen atoms in total. The lowest BCUT2D eigenvalue weighted by atomic mass is 10.1. The van der Waals surface area contributed by atoms with Gasteiger partial charge in [0.15, 0.2) is 0 Å². The third-order valence-electron chi connectivity index (χ3n) is 8.08. The minimum absolute atomic E-state index is 0.462. The number of benzene rings is 2. The summed E-state index contributed by atoms with van der Waals surface area (Å²) in [5.41, 5.74) is 4.90. The molecule has 0 atom stereocenters. The average Bonchev–Trinajstić information content (AvgIpc) is 3.78. The molecular weight excluding hydrogens is 496 g/mol. The predicted octanol–water partition coefficient (Wildman–Crippen LogP) is 7.96. The number of hydrogen-bond donors (Lipinski definition) is 2. The molecule has 2 saturated carbocycles. The highest BCUT2D eigenvalue weighted by atomic mass is 16.5. The zero-order chi connectivity index (χ0) is 26.7. The summed E-state index contributed by atoms with van der Waals surface area (Å²) < 4.78 is 8.05. The number of rotatable bonds is 8. The van der Waals surface area contributed by atoms with Gasteiger partial charge in [-0.2, -0.15) is 5.10 Å². The summed E-state index contributed by atoms with van der Waals surface area (Å²) in [4.78, 5) is 9.44. The van der Waals surface area contributed by atoms with Crippen LogP contribution < -0.4 is 15.4 Å². The molecular formula is C33H34N6O. The van der Waals surface area contributed by atoms with Crippen molar-refractivity contribution >= 4 is 17.3 Å². The number of pyridine rings is 1. The Bertz CT molecular complexity index is 1590. The van der Waals surface area contributed by atoms with Crippen LogP contribution in [0.15, 0.2) is 85.1 Å². The Kier molecular flexibility index (Phi) is 6.78. The Hall–Kier alpha value is -4.39. The van der Waals surface area contributed by atoms with Crippen LogP contribution >= 0.6 is 0 Å². The zero-order valence-electron chi connectivity index (χ0n) is 22.6. The van der Waals surface area contributed by atoms with E-state index in [0.717, 1.165) is 45.3 Å². The van der Waals surface area contributed by atoms with Crippen LogP contribution in [0.25, 0.3) is 28.0 Å². The monoisotopic (exact) mass is 530 g/mol. The average molecular weight is 531 g/mol. The quantitative estimate of drug-likeness (QED) is 0.212. The number of anilines is 2. The number of nitrogens with one attached hydrogen (secondary N) is 2. The van der Waals surface area contributed by atoms with Crippen molar-refractivity contribution in [2.45, 2.75) is 63.5 Å². The van der Waals surface area contributed by atoms with Gasteiger partial charge in [-0.1, -0.05) is 43.9 Å². The standard InChI is InChI=1S/C33H34N6O/c1-2-12-26(13-3-1)40-27-16-14-23(15-17-27)30-22-31-28(18-19-32(39(31)38-30)35-24-8-4-5-9-24)29-20-21-34-33(37-29)36-25-10-6-7-11-25/h1-3,12-22,24-25,35H,4-11H2,(H,34,36,37). The van der Waals surface area contributed by atoms with Crippen molar-refractivity contribution in [1.82, 2.24) is 19.6 Å². The summed E-state index contributed by atoms with van der Waals surface area (Å²) in [5, 5.41) is 12.4. The number of aromatic nitrogens is 4. The van der Waals surface area contributed by atoms with Gasteiger partial charge < -0.3 is 15.4 Å². The van der Waals surface area contributed by atoms with Crippen LogP contribution in [0.3, 0.4) is 0 Å². The number of para-hydroxylation sites is 1. The lowest BCUT2D eigenvalue weighted by molar-refractivity contribution is 0.483. The fourth-order valence-electron chi connectivity index (χ4n) is 5.97. The lowest BCUT2D eigenvalue weighted by Crippen LogP contribution is -2.17. The fraction of sp³-hybridized carbons (Fsp3) is 0.303. The van der Waals surface area contributed by atoms with E-state index in [1.165, 1.54) is 51.4 Å². The molecule has 0 unspecified atom stereocenters. The van der Waals surface area contributed by atoms with Gasteiger partial charge in [0.1, 0.15) is 17.3 Å². The van der Waals surface area contributed by atoms with Gasteiger partial charge in [0.05, 0.1) is 16.9 Å². The summed E-state index contributed by atoms with van der Waals surface area (Å²) in [6.45, 7) is 0. The summed E-state index contributed by atoms with van der Waals surface area (Å²) >= 11 is 0. The first-order valence-corrected chi connectivity index (χ1v) is 14.5. The lowest BCUT2D eigenvalue weighted by Gasteiger charge is -2.16. The van der Waals surface area contributed by atoms with Gasteiger partial charge >= 0.3 is 0 Å². The third kappa shape index (κ3) is 5.24. The minimum atomic E-state index is 0.462. The smallest absolute Gasteiger partial charge is 0.223 e. The Labute approximate surface area is 234 Å². The first-order valence-electron chi connectivity index (χ1n) is 14.5. The molecule has 3 aromatic heterocycles. The fourth-order valence-corrected chi connectivity index (χ4v) is 5.97. The molecule has 2 aliphatic carbocycles. The summed E-state index contributed by atoms with van der Waals surface area (Å²) in [6, 6.07) is 27.4. The Morgan fingerprint density at radius 3 is 2.15 bits per heavy atom. The van der Waals surface area contributed by atoms with Crippen LogP contribution in [0.1, 0.15) is 51.4 Å². The Balaban J connectivity index is 1.23. The number of nitrogens with zero attached hydrogens (tertiary/aromatic N) is 4. The number of fused-ring (bicyclic) bond motifs is 1. The van der Waals surface area contributed by atoms with E-state index in [4.69, 9.17) is 14.8 Å². The van der Waals surface area contributed by atoms with Crippen LogP contribution in [-0.4, -0.2) is 31.7 Å². The van der Waals surface area contributed by atoms with Gasteiger partial charge in [0, 0.05) is 29.4 Å². The predicted molar refractivity (Wildman–Crippen MR) is 160 cm³/mol. The molecule has 0 saturated heterocycles. The highest BCUT2D eigenvalue weighted by Gasteiger charge is 2.20. The maximum Gasteiger partial charge on any atom is 0.223 e. The molecule has 0 amide bonds. The van der Waals surface area contributed by atoms with Crippen LogP contribution in [0.2, 0.25) is 0 Å². The summed E-state index contributed by atoms with van der Waals surface area (Å²) in [7, 11) is 0. The van der Waals surface area contributed by atoms with Crippen LogP contribution in [0, 0.1) is 0 Å². The van der Waals surface area contributed by atoms with Gasteiger partial charge in [-0.25, -0.2) is 14.5 Å². The molecule has 3 heterocycles. The Morgan fingerprint density at radius 1 is 0.700 bits per heavy atom. The second-order valence-electron chi connectivity index (χ2n) is 10.9. The SMILES string of the molecule is c1ccc(Oc2ccc(-c3cc4c(-c5ccnc(NC6CCCC6)n5)ccc(NC5CCCC5)n4n3)cc2)cc1. The van der Waals surface area contributed by atoms with Crippen molar-refractivity contribution in [3.05, 3.63) is 85.1 Å². The minimum Gasteiger partial charge on any atom is -0.457 e. The van der Waals surface area contributed by atoms with Gasteiger partial charge in [0.2, 0.25) is 5.95 Å². The van der Waals surface area contributed by atoms with E-state index in [2.05, 4.69) is 45.9 Å². The van der Waals surface area contributed by atoms with Crippen LogP contribution in [-0.2, 0) is 0 Å². The van der Waals surface area contributed by atoms with Crippen molar-refractivity contribution in [3.8, 4) is 34.0 Å². The molecule has 0 aliphatic heterocycles. The second kappa shape index (κ2) is 11.0. The van der Waals surface area contributed by atoms with E-state index in [-0.39, 0.29) is 0 Å². The molecule has 2 fully saturated rings. The molecule has 0 spiro atoms. The van der Waals surface area contributed by atoms with Crippen LogP contribution in [0.5, 0.6) is 11.5 Å². The van der Waals surface area contributed by atoms with E-state index < -0.39 is 0 Å².